The van der Waals surface area contributed by atoms with Crippen LogP contribution in [0.25, 0.3) is 0 Å². The van der Waals surface area contributed by atoms with Gasteiger partial charge in [-0.05, 0) is 18.4 Å². The molecule has 0 aliphatic heterocycles. The molecular formula is C10H13FN2O2S3. The minimum absolute atomic E-state index is 0.226. The third-order valence-corrected chi connectivity index (χ3v) is 4.43. The number of hydrogen-bond donors (Lipinski definition) is 2. The molecule has 0 bridgehead atoms. The van der Waals surface area contributed by atoms with E-state index in [4.69, 9.17) is 5.73 Å². The van der Waals surface area contributed by atoms with Gasteiger partial charge in [-0.2, -0.15) is 11.8 Å². The van der Waals surface area contributed by atoms with Crippen molar-refractivity contribution in [1.82, 2.24) is 4.72 Å². The van der Waals surface area contributed by atoms with E-state index in [0.717, 1.165) is 6.07 Å². The number of thioether (sulfide) groups is 1. The largest absolute Gasteiger partial charge is 0.389 e. The van der Waals surface area contributed by atoms with E-state index in [-0.39, 0.29) is 22.0 Å². The lowest BCUT2D eigenvalue weighted by Gasteiger charge is -2.11. The Bertz CT molecular complexity index is 546. The van der Waals surface area contributed by atoms with Crippen LogP contribution in [0.15, 0.2) is 23.1 Å². The van der Waals surface area contributed by atoms with E-state index in [9.17, 15) is 12.8 Å². The van der Waals surface area contributed by atoms with Gasteiger partial charge in [0.25, 0.3) is 0 Å². The molecule has 0 saturated heterocycles. The average Bonchev–Trinajstić information content (AvgIpc) is 2.28. The highest BCUT2D eigenvalue weighted by Crippen LogP contribution is 2.18. The zero-order valence-corrected chi connectivity index (χ0v) is 12.1. The number of benzene rings is 1. The summed E-state index contributed by atoms with van der Waals surface area (Å²) in [6, 6.07) is 3.70. The molecule has 0 radical (unpaired) electrons. The number of thiocarbonyl (C=S) groups is 1. The first-order valence-electron chi connectivity index (χ1n) is 4.97. The van der Waals surface area contributed by atoms with E-state index in [0.29, 0.717) is 5.75 Å². The van der Waals surface area contributed by atoms with Crippen LogP contribution in [0.5, 0.6) is 0 Å². The molecule has 8 heteroatoms. The van der Waals surface area contributed by atoms with Crippen molar-refractivity contribution in [2.45, 2.75) is 4.90 Å². The second-order valence-electron chi connectivity index (χ2n) is 3.37. The van der Waals surface area contributed by atoms with Crippen LogP contribution in [0, 0.1) is 5.82 Å². The van der Waals surface area contributed by atoms with Crippen LogP contribution in [0.4, 0.5) is 4.39 Å². The fourth-order valence-electron chi connectivity index (χ4n) is 1.32. The van der Waals surface area contributed by atoms with E-state index in [1.54, 1.807) is 0 Å². The summed E-state index contributed by atoms with van der Waals surface area (Å²) in [6.45, 7) is 0.261. The second-order valence-corrected chi connectivity index (χ2v) is 6.53. The van der Waals surface area contributed by atoms with Crippen LogP contribution in [-0.4, -0.2) is 32.0 Å². The summed E-state index contributed by atoms with van der Waals surface area (Å²) in [7, 11) is -3.80. The number of rotatable bonds is 6. The summed E-state index contributed by atoms with van der Waals surface area (Å²) in [5, 5.41) is 0. The highest BCUT2D eigenvalue weighted by molar-refractivity contribution is 7.98. The number of halogens is 1. The normalized spacial score (nSPS) is 11.4. The Morgan fingerprint density at radius 3 is 2.78 bits per heavy atom. The lowest BCUT2D eigenvalue weighted by Crippen LogP contribution is -2.29. The summed E-state index contributed by atoms with van der Waals surface area (Å²) in [5.41, 5.74) is 5.12. The van der Waals surface area contributed by atoms with Gasteiger partial charge in [0.05, 0.1) is 10.5 Å². The molecule has 0 fully saturated rings. The van der Waals surface area contributed by atoms with Crippen LogP contribution < -0.4 is 10.5 Å². The first kappa shape index (κ1) is 15.4. The van der Waals surface area contributed by atoms with Crippen molar-refractivity contribution in [1.29, 1.82) is 0 Å². The standard InChI is InChI=1S/C10H13FN2O2S3/c1-17-6-5-13-18(14,15)8-4-2-3-7(11)9(8)10(12)16/h2-4,13H,5-6H2,1H3,(H2,12,16). The van der Waals surface area contributed by atoms with Crippen LogP contribution >= 0.6 is 24.0 Å². The van der Waals surface area contributed by atoms with Gasteiger partial charge in [-0.1, -0.05) is 18.3 Å². The summed E-state index contributed by atoms with van der Waals surface area (Å²) in [4.78, 5) is -0.505. The number of nitrogens with two attached hydrogens (primary N) is 1. The fourth-order valence-corrected chi connectivity index (χ4v) is 3.29. The lowest BCUT2D eigenvalue weighted by molar-refractivity contribution is 0.579. The van der Waals surface area contributed by atoms with Gasteiger partial charge in [0, 0.05) is 12.3 Å². The van der Waals surface area contributed by atoms with Crippen molar-refractivity contribution in [3.8, 4) is 0 Å². The fraction of sp³-hybridized carbons (Fsp3) is 0.300. The van der Waals surface area contributed by atoms with Gasteiger partial charge < -0.3 is 5.73 Å². The molecule has 18 heavy (non-hydrogen) atoms. The van der Waals surface area contributed by atoms with Gasteiger partial charge in [0.2, 0.25) is 10.0 Å². The molecule has 0 heterocycles. The molecule has 100 valence electrons. The molecule has 0 atom stereocenters. The Morgan fingerprint density at radius 1 is 1.56 bits per heavy atom. The molecule has 0 amide bonds. The van der Waals surface area contributed by atoms with Crippen molar-refractivity contribution in [2.75, 3.05) is 18.6 Å². The second kappa shape index (κ2) is 6.46. The maximum Gasteiger partial charge on any atom is 0.241 e. The number of hydrogen-bond acceptors (Lipinski definition) is 4. The molecule has 3 N–H and O–H groups in total. The Balaban J connectivity index is 3.16. The van der Waals surface area contributed by atoms with E-state index in [2.05, 4.69) is 16.9 Å². The number of nitrogens with one attached hydrogen (secondary N) is 1. The first-order valence-corrected chi connectivity index (χ1v) is 8.25. The molecule has 1 aromatic carbocycles. The molecule has 0 aliphatic carbocycles. The zero-order chi connectivity index (χ0) is 13.8. The van der Waals surface area contributed by atoms with E-state index in [1.807, 2.05) is 6.26 Å². The molecule has 0 aliphatic rings. The average molecular weight is 308 g/mol. The van der Waals surface area contributed by atoms with Gasteiger partial charge >= 0.3 is 0 Å². The molecule has 0 unspecified atom stereocenters. The maximum atomic E-state index is 13.6. The SMILES string of the molecule is CSCCNS(=O)(=O)c1cccc(F)c1C(N)=S. The molecule has 4 nitrogen and oxygen atoms in total. The van der Waals surface area contributed by atoms with Crippen molar-refractivity contribution < 1.29 is 12.8 Å². The summed E-state index contributed by atoms with van der Waals surface area (Å²) < 4.78 is 39.9. The van der Waals surface area contributed by atoms with Crippen molar-refractivity contribution in [2.24, 2.45) is 5.73 Å². The van der Waals surface area contributed by atoms with Gasteiger partial charge in [-0.25, -0.2) is 17.5 Å². The van der Waals surface area contributed by atoms with E-state index < -0.39 is 15.8 Å². The monoisotopic (exact) mass is 308 g/mol. The molecular weight excluding hydrogens is 295 g/mol. The van der Waals surface area contributed by atoms with Gasteiger partial charge in [0.1, 0.15) is 10.8 Å². The quantitative estimate of drug-likeness (QED) is 0.608. The molecule has 1 rings (SSSR count). The smallest absolute Gasteiger partial charge is 0.241 e. The van der Waals surface area contributed by atoms with Crippen LogP contribution in [0.1, 0.15) is 5.56 Å². The Morgan fingerprint density at radius 2 is 2.22 bits per heavy atom. The predicted molar refractivity (Wildman–Crippen MR) is 75.9 cm³/mol. The van der Waals surface area contributed by atoms with Crippen molar-refractivity contribution in [3.63, 3.8) is 0 Å². The zero-order valence-electron chi connectivity index (χ0n) is 9.64. The Hall–Kier alpha value is -0.700. The third-order valence-electron chi connectivity index (χ3n) is 2.11. The van der Waals surface area contributed by atoms with E-state index >= 15 is 0 Å². The van der Waals surface area contributed by atoms with Gasteiger partial charge in [0.15, 0.2) is 0 Å². The Labute approximate surface area is 115 Å². The van der Waals surface area contributed by atoms with Crippen LogP contribution in [0.2, 0.25) is 0 Å². The summed E-state index contributed by atoms with van der Waals surface area (Å²) >= 11 is 6.18. The first-order chi connectivity index (χ1) is 8.40. The maximum absolute atomic E-state index is 13.6. The van der Waals surface area contributed by atoms with Crippen molar-refractivity contribution >= 4 is 39.0 Å². The van der Waals surface area contributed by atoms with Gasteiger partial charge in [-0.15, -0.1) is 0 Å². The molecule has 0 spiro atoms. The third kappa shape index (κ3) is 3.64. The highest BCUT2D eigenvalue weighted by atomic mass is 32.2. The molecule has 1 aromatic rings. The topological polar surface area (TPSA) is 72.2 Å². The van der Waals surface area contributed by atoms with Crippen molar-refractivity contribution in [3.05, 3.63) is 29.6 Å². The molecule has 0 aromatic heterocycles. The van der Waals surface area contributed by atoms with Gasteiger partial charge in [-0.3, -0.25) is 0 Å². The highest BCUT2D eigenvalue weighted by Gasteiger charge is 2.22. The van der Waals surface area contributed by atoms with Crippen LogP contribution in [-0.2, 0) is 10.0 Å². The lowest BCUT2D eigenvalue weighted by atomic mass is 10.2. The van der Waals surface area contributed by atoms with E-state index in [1.165, 1.54) is 23.9 Å². The summed E-state index contributed by atoms with van der Waals surface area (Å²) in [5.74, 6) is -0.119. The minimum Gasteiger partial charge on any atom is -0.389 e. The number of sulfonamides is 1. The summed E-state index contributed by atoms with van der Waals surface area (Å²) in [6.07, 6.45) is 1.86. The Kier molecular flexibility index (Phi) is 5.51. The minimum atomic E-state index is -3.80. The molecule has 0 saturated carbocycles. The predicted octanol–water partition coefficient (Wildman–Crippen LogP) is 1.10. The van der Waals surface area contributed by atoms with Crippen LogP contribution in [0.3, 0.4) is 0 Å².